The molecule has 0 bridgehead atoms. The molecule has 0 unspecified atom stereocenters. The van der Waals surface area contributed by atoms with Crippen molar-refractivity contribution in [1.29, 1.82) is 0 Å². The number of anilines is 2. The summed E-state index contributed by atoms with van der Waals surface area (Å²) >= 11 is 12.9. The maximum atomic E-state index is 13.1. The average molecular weight is 537 g/mol. The molecule has 1 fully saturated rings. The van der Waals surface area contributed by atoms with Gasteiger partial charge in [0.1, 0.15) is 5.75 Å². The van der Waals surface area contributed by atoms with Crippen LogP contribution in [0.25, 0.3) is 6.08 Å². The van der Waals surface area contributed by atoms with E-state index >= 15 is 0 Å². The van der Waals surface area contributed by atoms with Crippen molar-refractivity contribution < 1.29 is 14.3 Å². The van der Waals surface area contributed by atoms with Crippen LogP contribution in [0.1, 0.15) is 27.8 Å². The summed E-state index contributed by atoms with van der Waals surface area (Å²) < 4.78 is 6.17. The predicted molar refractivity (Wildman–Crippen MR) is 153 cm³/mol. The molecule has 1 heterocycles. The van der Waals surface area contributed by atoms with E-state index in [2.05, 4.69) is 5.32 Å². The van der Waals surface area contributed by atoms with Crippen LogP contribution in [0.5, 0.6) is 5.75 Å². The molecule has 0 spiro atoms. The Morgan fingerprint density at radius 3 is 2.47 bits per heavy atom. The Balaban J connectivity index is 1.44. The minimum absolute atomic E-state index is 0.132. The molecule has 0 aliphatic carbocycles. The number of carbonyl (C=O) groups is 2. The molecule has 4 rings (SSSR count). The smallest absolute Gasteiger partial charge is 0.270 e. The van der Waals surface area contributed by atoms with Crippen molar-refractivity contribution in [2.75, 3.05) is 16.8 Å². The van der Waals surface area contributed by atoms with E-state index in [-0.39, 0.29) is 18.4 Å². The van der Waals surface area contributed by atoms with Crippen molar-refractivity contribution in [2.24, 2.45) is 0 Å². The van der Waals surface area contributed by atoms with E-state index in [1.54, 1.807) is 24.3 Å². The molecule has 184 valence electrons. The van der Waals surface area contributed by atoms with Crippen LogP contribution >= 0.6 is 35.6 Å². The number of thioether (sulfide) groups is 1. The summed E-state index contributed by atoms with van der Waals surface area (Å²) in [4.78, 5) is 27.6. The predicted octanol–water partition coefficient (Wildman–Crippen LogP) is 7.00. The molecular formula is C28H25ClN2O3S2. The lowest BCUT2D eigenvalue weighted by atomic mass is 10.1. The average Bonchev–Trinajstić information content (AvgIpc) is 3.09. The Morgan fingerprint density at radius 2 is 1.78 bits per heavy atom. The third kappa shape index (κ3) is 5.81. The molecule has 5 nitrogen and oxygen atoms in total. The van der Waals surface area contributed by atoms with E-state index < -0.39 is 0 Å². The van der Waals surface area contributed by atoms with Crippen LogP contribution < -0.4 is 15.0 Å². The van der Waals surface area contributed by atoms with E-state index in [1.165, 1.54) is 16.7 Å². The maximum Gasteiger partial charge on any atom is 0.270 e. The summed E-state index contributed by atoms with van der Waals surface area (Å²) in [6.07, 6.45) is 1.76. The lowest BCUT2D eigenvalue weighted by Gasteiger charge is -2.15. The van der Waals surface area contributed by atoms with Crippen molar-refractivity contribution >= 4 is 69.2 Å². The van der Waals surface area contributed by atoms with E-state index in [4.69, 9.17) is 28.6 Å². The number of ether oxygens (including phenoxy) is 1. The molecule has 1 N–H and O–H groups in total. The highest BCUT2D eigenvalue weighted by molar-refractivity contribution is 8.27. The van der Waals surface area contributed by atoms with Crippen LogP contribution in [0, 0.1) is 27.7 Å². The van der Waals surface area contributed by atoms with Crippen molar-refractivity contribution in [1.82, 2.24) is 0 Å². The molecule has 1 aliphatic rings. The van der Waals surface area contributed by atoms with Crippen molar-refractivity contribution in [2.45, 2.75) is 27.7 Å². The highest BCUT2D eigenvalue weighted by atomic mass is 35.5. The largest absolute Gasteiger partial charge is 0.484 e. The topological polar surface area (TPSA) is 58.6 Å². The SMILES string of the molecule is Cc1cc(C)c(NC(=O)COc2cccc(/C=C3\SC(=S)N(c4ccc(C)c(Cl)c4)C3=O)c2)c(C)c1. The van der Waals surface area contributed by atoms with Gasteiger partial charge in [0, 0.05) is 10.7 Å². The summed E-state index contributed by atoms with van der Waals surface area (Å²) in [5, 5.41) is 3.51. The first-order valence-corrected chi connectivity index (χ1v) is 12.9. The number of hydrogen-bond acceptors (Lipinski definition) is 5. The molecule has 36 heavy (non-hydrogen) atoms. The van der Waals surface area contributed by atoms with Gasteiger partial charge in [0.2, 0.25) is 0 Å². The number of rotatable bonds is 6. The Bertz CT molecular complexity index is 1390. The minimum Gasteiger partial charge on any atom is -0.484 e. The van der Waals surface area contributed by atoms with Crippen LogP contribution in [0.15, 0.2) is 59.5 Å². The van der Waals surface area contributed by atoms with Gasteiger partial charge in [-0.25, -0.2) is 0 Å². The van der Waals surface area contributed by atoms with Gasteiger partial charge in [0.05, 0.1) is 10.6 Å². The molecule has 1 saturated heterocycles. The highest BCUT2D eigenvalue weighted by Gasteiger charge is 2.33. The van der Waals surface area contributed by atoms with Crippen LogP contribution in [-0.2, 0) is 9.59 Å². The molecular weight excluding hydrogens is 512 g/mol. The molecule has 2 amide bonds. The Labute approximate surface area is 225 Å². The lowest BCUT2D eigenvalue weighted by molar-refractivity contribution is -0.118. The number of halogens is 1. The van der Waals surface area contributed by atoms with Gasteiger partial charge in [0.25, 0.3) is 11.8 Å². The number of amides is 2. The monoisotopic (exact) mass is 536 g/mol. The normalized spacial score (nSPS) is 14.5. The fraction of sp³-hybridized carbons (Fsp3) is 0.179. The van der Waals surface area contributed by atoms with Crippen molar-refractivity contribution in [3.8, 4) is 5.75 Å². The molecule has 3 aromatic carbocycles. The molecule has 0 saturated carbocycles. The summed E-state index contributed by atoms with van der Waals surface area (Å²) in [5.41, 5.74) is 6.30. The molecule has 8 heteroatoms. The Kier molecular flexibility index (Phi) is 7.83. The van der Waals surface area contributed by atoms with Crippen LogP contribution in [0.2, 0.25) is 5.02 Å². The van der Waals surface area contributed by atoms with Gasteiger partial charge in [-0.2, -0.15) is 0 Å². The van der Waals surface area contributed by atoms with Crippen LogP contribution in [-0.4, -0.2) is 22.7 Å². The van der Waals surface area contributed by atoms with Gasteiger partial charge in [0.15, 0.2) is 10.9 Å². The van der Waals surface area contributed by atoms with E-state index in [9.17, 15) is 9.59 Å². The number of aryl methyl sites for hydroxylation is 4. The second-order valence-electron chi connectivity index (χ2n) is 8.63. The summed E-state index contributed by atoms with van der Waals surface area (Å²) in [6, 6.07) is 16.7. The van der Waals surface area contributed by atoms with E-state index in [0.717, 1.165) is 33.5 Å². The Morgan fingerprint density at radius 1 is 1.06 bits per heavy atom. The first-order chi connectivity index (χ1) is 17.1. The first kappa shape index (κ1) is 25.9. The maximum absolute atomic E-state index is 13.1. The summed E-state index contributed by atoms with van der Waals surface area (Å²) in [6.45, 7) is 7.73. The fourth-order valence-electron chi connectivity index (χ4n) is 3.96. The van der Waals surface area contributed by atoms with Gasteiger partial charge < -0.3 is 10.1 Å². The van der Waals surface area contributed by atoms with Crippen LogP contribution in [0.3, 0.4) is 0 Å². The molecule has 1 aliphatic heterocycles. The first-order valence-electron chi connectivity index (χ1n) is 11.3. The fourth-order valence-corrected chi connectivity index (χ4v) is 5.43. The van der Waals surface area contributed by atoms with Gasteiger partial charge in [-0.3, -0.25) is 14.5 Å². The third-order valence-corrected chi connectivity index (χ3v) is 7.38. The summed E-state index contributed by atoms with van der Waals surface area (Å²) in [7, 11) is 0. The second kappa shape index (κ2) is 10.9. The summed E-state index contributed by atoms with van der Waals surface area (Å²) in [5.74, 6) is 0.0737. The van der Waals surface area contributed by atoms with Crippen LogP contribution in [0.4, 0.5) is 11.4 Å². The quantitative estimate of drug-likeness (QED) is 0.271. The molecule has 0 aromatic heterocycles. The molecule has 3 aromatic rings. The van der Waals surface area contributed by atoms with Gasteiger partial charge in [-0.05, 0) is 80.3 Å². The number of carbonyl (C=O) groups excluding carboxylic acids is 2. The van der Waals surface area contributed by atoms with E-state index in [1.807, 2.05) is 64.1 Å². The number of hydrogen-bond donors (Lipinski definition) is 1. The minimum atomic E-state index is -0.243. The van der Waals surface area contributed by atoms with Crippen molar-refractivity contribution in [3.05, 3.63) is 92.3 Å². The Hall–Kier alpha value is -3.13. The molecule has 0 radical (unpaired) electrons. The van der Waals surface area contributed by atoms with Gasteiger partial charge in [-0.1, -0.05) is 71.5 Å². The standard InChI is InChI=1S/C28H25ClN2O3S2/c1-16-10-18(3)26(19(4)11-16)30-25(32)15-34-22-7-5-6-20(12-22)13-24-27(33)31(28(35)36-24)21-9-8-17(2)23(29)14-21/h5-14H,15H2,1-4H3,(H,30,32)/b24-13-. The van der Waals surface area contributed by atoms with Crippen molar-refractivity contribution in [3.63, 3.8) is 0 Å². The number of nitrogens with zero attached hydrogens (tertiary/aromatic N) is 1. The number of nitrogens with one attached hydrogen (secondary N) is 1. The van der Waals surface area contributed by atoms with Gasteiger partial charge in [-0.15, -0.1) is 0 Å². The zero-order valence-corrected chi connectivity index (χ0v) is 22.7. The zero-order valence-electron chi connectivity index (χ0n) is 20.3. The number of benzene rings is 3. The van der Waals surface area contributed by atoms with Gasteiger partial charge >= 0.3 is 0 Å². The lowest BCUT2D eigenvalue weighted by Crippen LogP contribution is -2.27. The second-order valence-corrected chi connectivity index (χ2v) is 10.7. The van der Waals surface area contributed by atoms with E-state index in [0.29, 0.717) is 25.7 Å². The molecule has 0 atom stereocenters. The zero-order chi connectivity index (χ0) is 26.0. The third-order valence-electron chi connectivity index (χ3n) is 5.67. The highest BCUT2D eigenvalue weighted by Crippen LogP contribution is 2.37. The number of thiocarbonyl (C=S) groups is 1.